The van der Waals surface area contributed by atoms with Crippen molar-refractivity contribution in [3.05, 3.63) is 83.9 Å². The molecule has 0 aliphatic carbocycles. The summed E-state index contributed by atoms with van der Waals surface area (Å²) >= 11 is 0. The third-order valence-electron chi connectivity index (χ3n) is 5.28. The van der Waals surface area contributed by atoms with E-state index in [9.17, 15) is 0 Å². The number of aromatic nitrogens is 1. The van der Waals surface area contributed by atoms with Crippen molar-refractivity contribution in [1.82, 2.24) is 4.90 Å². The first kappa shape index (κ1) is 23.9. The second-order valence-electron chi connectivity index (χ2n) is 7.55. The Bertz CT molecular complexity index is 1110. The van der Waals surface area contributed by atoms with Crippen LogP contribution in [0.1, 0.15) is 11.1 Å². The summed E-state index contributed by atoms with van der Waals surface area (Å²) in [6, 6.07) is 25.8. The highest BCUT2D eigenvalue weighted by Gasteiger charge is 2.18. The first-order valence-corrected chi connectivity index (χ1v) is 9.78. The largest absolute Gasteiger partial charge is 1.00 e. The quantitative estimate of drug-likeness (QED) is 0.334. The maximum Gasteiger partial charge on any atom is 0.213 e. The van der Waals surface area contributed by atoms with E-state index in [1.165, 1.54) is 32.9 Å². The van der Waals surface area contributed by atoms with Crippen LogP contribution in [0.25, 0.3) is 21.8 Å². The van der Waals surface area contributed by atoms with Crippen molar-refractivity contribution < 1.29 is 21.7 Å². The fourth-order valence-corrected chi connectivity index (χ4v) is 3.77. The molecule has 0 N–H and O–H groups in total. The third kappa shape index (κ3) is 5.04. The first-order chi connectivity index (χ1) is 13.6. The van der Waals surface area contributed by atoms with Gasteiger partial charge in [-0.25, -0.2) is 0 Å². The summed E-state index contributed by atoms with van der Waals surface area (Å²) in [7, 11) is 6.27. The number of para-hydroxylation sites is 1. The molecule has 0 saturated heterocycles. The molecule has 1 heterocycles. The Morgan fingerprint density at radius 3 is 2.23 bits per heavy atom. The molecule has 30 heavy (non-hydrogen) atoms. The van der Waals surface area contributed by atoms with Crippen LogP contribution in [-0.2, 0) is 13.5 Å². The van der Waals surface area contributed by atoms with Crippen LogP contribution < -0.4 is 21.7 Å². The summed E-state index contributed by atoms with van der Waals surface area (Å²) in [5.74, 6) is 0.930. The standard InChI is InChI=1S/C25H27N2O.2ClH/c1-26(2)15-16-28-20-13-14-25-23(18-20)22(17-19-9-5-4-6-10-19)21-11-7-8-12-24(21)27(25)3;;/h4-14,18H,15-17H2,1-3H3;2*1H/q+1;;/p-1. The number of benzene rings is 3. The third-order valence-corrected chi connectivity index (χ3v) is 5.28. The van der Waals surface area contributed by atoms with Gasteiger partial charge in [0.15, 0.2) is 0 Å². The van der Waals surface area contributed by atoms with Gasteiger partial charge in [0.05, 0.1) is 10.8 Å². The van der Waals surface area contributed by atoms with Gasteiger partial charge >= 0.3 is 0 Å². The van der Waals surface area contributed by atoms with Gasteiger partial charge in [-0.1, -0.05) is 42.5 Å². The number of aryl methyl sites for hydroxylation is 1. The Balaban J connectivity index is 0.00000160. The number of likely N-dealkylation sites (N-methyl/N-ethyl adjacent to an activating group) is 1. The number of fused-ring (bicyclic) bond motifs is 2. The summed E-state index contributed by atoms with van der Waals surface area (Å²) < 4.78 is 8.31. The van der Waals surface area contributed by atoms with Crippen molar-refractivity contribution in [1.29, 1.82) is 0 Å². The molecule has 1 aromatic heterocycles. The number of nitrogens with zero attached hydrogens (tertiary/aromatic N) is 2. The van der Waals surface area contributed by atoms with Crippen LogP contribution in [0, 0.1) is 0 Å². The Morgan fingerprint density at radius 2 is 1.50 bits per heavy atom. The molecule has 3 aromatic carbocycles. The number of hydrogen-bond donors (Lipinski definition) is 0. The summed E-state index contributed by atoms with van der Waals surface area (Å²) in [5.41, 5.74) is 5.15. The fraction of sp³-hybridized carbons (Fsp3) is 0.240. The Kier molecular flexibility index (Phi) is 8.48. The monoisotopic (exact) mass is 442 g/mol. The van der Waals surface area contributed by atoms with Crippen molar-refractivity contribution in [2.45, 2.75) is 6.42 Å². The van der Waals surface area contributed by atoms with Crippen LogP contribution in [0.5, 0.6) is 5.75 Å². The molecular formula is C25H28Cl2N2O. The van der Waals surface area contributed by atoms with Crippen LogP contribution in [0.4, 0.5) is 0 Å². The van der Waals surface area contributed by atoms with Gasteiger partial charge in [-0.15, -0.1) is 12.4 Å². The van der Waals surface area contributed by atoms with Crippen LogP contribution >= 0.6 is 12.4 Å². The summed E-state index contributed by atoms with van der Waals surface area (Å²) in [5, 5.41) is 2.55. The van der Waals surface area contributed by atoms with Crippen molar-refractivity contribution >= 4 is 34.2 Å². The van der Waals surface area contributed by atoms with Gasteiger partial charge in [0.1, 0.15) is 19.4 Å². The number of halogens is 2. The van der Waals surface area contributed by atoms with E-state index in [1.54, 1.807) is 0 Å². The highest BCUT2D eigenvalue weighted by Crippen LogP contribution is 2.29. The maximum absolute atomic E-state index is 6.03. The van der Waals surface area contributed by atoms with Gasteiger partial charge in [0.2, 0.25) is 11.0 Å². The number of rotatable bonds is 6. The summed E-state index contributed by atoms with van der Waals surface area (Å²) in [6.07, 6.45) is 0.903. The van der Waals surface area contributed by atoms with Crippen LogP contribution in [0.15, 0.2) is 72.8 Å². The number of hydrogen-bond acceptors (Lipinski definition) is 2. The molecule has 158 valence electrons. The van der Waals surface area contributed by atoms with Gasteiger partial charge in [-0.2, -0.15) is 4.57 Å². The zero-order chi connectivity index (χ0) is 19.5. The minimum Gasteiger partial charge on any atom is -1.00 e. The van der Waals surface area contributed by atoms with Crippen molar-refractivity contribution in [2.24, 2.45) is 7.05 Å². The predicted molar refractivity (Wildman–Crippen MR) is 123 cm³/mol. The molecule has 3 nitrogen and oxygen atoms in total. The van der Waals surface area contributed by atoms with Crippen molar-refractivity contribution in [3.63, 3.8) is 0 Å². The molecule has 0 amide bonds. The normalized spacial score (nSPS) is 10.7. The topological polar surface area (TPSA) is 16.4 Å². The van der Waals surface area contributed by atoms with Gasteiger partial charge in [-0.3, -0.25) is 0 Å². The van der Waals surface area contributed by atoms with E-state index in [0.29, 0.717) is 6.61 Å². The fourth-order valence-electron chi connectivity index (χ4n) is 3.77. The summed E-state index contributed by atoms with van der Waals surface area (Å²) in [4.78, 5) is 2.13. The van der Waals surface area contributed by atoms with E-state index in [0.717, 1.165) is 18.7 Å². The van der Waals surface area contributed by atoms with E-state index in [-0.39, 0.29) is 24.8 Å². The Hall–Kier alpha value is -2.33. The number of pyridine rings is 1. The molecule has 4 rings (SSSR count). The Morgan fingerprint density at radius 1 is 0.833 bits per heavy atom. The molecule has 0 bridgehead atoms. The van der Waals surface area contributed by atoms with Crippen LogP contribution in [0.2, 0.25) is 0 Å². The van der Waals surface area contributed by atoms with Gasteiger partial charge < -0.3 is 22.0 Å². The lowest BCUT2D eigenvalue weighted by molar-refractivity contribution is -0.617. The smallest absolute Gasteiger partial charge is 0.213 e. The van der Waals surface area contributed by atoms with E-state index in [1.807, 2.05) is 0 Å². The molecular weight excluding hydrogens is 415 g/mol. The summed E-state index contributed by atoms with van der Waals surface area (Å²) in [6.45, 7) is 1.59. The van der Waals surface area contributed by atoms with Gasteiger partial charge in [0.25, 0.3) is 0 Å². The predicted octanol–water partition coefficient (Wildman–Crippen LogP) is 1.77. The first-order valence-electron chi connectivity index (χ1n) is 9.78. The van der Waals surface area contributed by atoms with E-state index in [4.69, 9.17) is 4.74 Å². The van der Waals surface area contributed by atoms with Gasteiger partial charge in [0, 0.05) is 18.7 Å². The molecule has 0 unspecified atom stereocenters. The average Bonchev–Trinajstić information content (AvgIpc) is 2.71. The minimum absolute atomic E-state index is 0. The van der Waals surface area contributed by atoms with Crippen molar-refractivity contribution in [2.75, 3.05) is 27.2 Å². The zero-order valence-corrected chi connectivity index (χ0v) is 19.2. The lowest BCUT2D eigenvalue weighted by Gasteiger charge is -2.13. The molecule has 0 atom stereocenters. The molecule has 0 saturated carbocycles. The molecule has 5 heteroatoms. The molecule has 0 aliphatic heterocycles. The average molecular weight is 443 g/mol. The molecule has 0 spiro atoms. The lowest BCUT2D eigenvalue weighted by Crippen LogP contribution is -3.00. The van der Waals surface area contributed by atoms with E-state index < -0.39 is 0 Å². The van der Waals surface area contributed by atoms with Gasteiger partial charge in [-0.05, 0) is 49.8 Å². The highest BCUT2D eigenvalue weighted by atomic mass is 35.5. The SMILES string of the molecule is CN(C)CCOc1ccc2c(c1)c(Cc1ccccc1)c1ccccc1[n+]2C.Cl.[Cl-]. The van der Waals surface area contributed by atoms with Crippen molar-refractivity contribution in [3.8, 4) is 5.75 Å². The molecule has 0 fully saturated rings. The lowest BCUT2D eigenvalue weighted by atomic mass is 9.96. The molecule has 0 aliphatic rings. The highest BCUT2D eigenvalue weighted by molar-refractivity contribution is 5.94. The molecule has 0 radical (unpaired) electrons. The second-order valence-corrected chi connectivity index (χ2v) is 7.55. The zero-order valence-electron chi connectivity index (χ0n) is 17.6. The number of ether oxygens (including phenoxy) is 1. The second kappa shape index (κ2) is 10.6. The molecule has 4 aromatic rings. The minimum atomic E-state index is 0. The Labute approximate surface area is 191 Å². The van der Waals surface area contributed by atoms with E-state index in [2.05, 4.69) is 103 Å². The van der Waals surface area contributed by atoms with Crippen LogP contribution in [-0.4, -0.2) is 32.1 Å². The maximum atomic E-state index is 6.03. The van der Waals surface area contributed by atoms with E-state index >= 15 is 0 Å². The van der Waals surface area contributed by atoms with Crippen LogP contribution in [0.3, 0.4) is 0 Å².